The van der Waals surface area contributed by atoms with Crippen LogP contribution in [0.4, 0.5) is 11.6 Å². The highest BCUT2D eigenvalue weighted by atomic mass is 16.5. The van der Waals surface area contributed by atoms with Gasteiger partial charge in [-0.15, -0.1) is 0 Å². The smallest absolute Gasteiger partial charge is 0.243 e. The molecule has 4 aromatic rings. The van der Waals surface area contributed by atoms with Crippen molar-refractivity contribution in [3.05, 3.63) is 72.4 Å². The number of anilines is 2. The van der Waals surface area contributed by atoms with Crippen LogP contribution in [0.2, 0.25) is 0 Å². The molecule has 0 unspecified atom stereocenters. The summed E-state index contributed by atoms with van der Waals surface area (Å²) in [6.07, 6.45) is 1.71. The molecular formula is C22H22N4O. The van der Waals surface area contributed by atoms with E-state index < -0.39 is 0 Å². The average molecular weight is 358 g/mol. The van der Waals surface area contributed by atoms with Crippen LogP contribution in [0.25, 0.3) is 11.0 Å². The van der Waals surface area contributed by atoms with Crippen molar-refractivity contribution in [2.24, 2.45) is 0 Å². The first-order valence-corrected chi connectivity index (χ1v) is 8.94. The minimum Gasteiger partial charge on any atom is -0.437 e. The van der Waals surface area contributed by atoms with E-state index in [-0.39, 0.29) is 5.41 Å². The van der Waals surface area contributed by atoms with Gasteiger partial charge < -0.3 is 15.0 Å². The van der Waals surface area contributed by atoms with E-state index in [1.807, 2.05) is 48.5 Å². The van der Waals surface area contributed by atoms with Gasteiger partial charge in [-0.25, -0.2) is 9.97 Å². The highest BCUT2D eigenvalue weighted by molar-refractivity contribution is 5.79. The zero-order valence-corrected chi connectivity index (χ0v) is 15.7. The fraction of sp³-hybridized carbons (Fsp3) is 0.182. The molecule has 0 aliphatic carbocycles. The molecule has 0 amide bonds. The quantitative estimate of drug-likeness (QED) is 0.484. The van der Waals surface area contributed by atoms with E-state index >= 15 is 0 Å². The Balaban J connectivity index is 1.63. The monoisotopic (exact) mass is 358 g/mol. The maximum atomic E-state index is 5.90. The zero-order valence-electron chi connectivity index (χ0n) is 15.7. The van der Waals surface area contributed by atoms with Gasteiger partial charge in [0.05, 0.1) is 11.0 Å². The second-order valence-corrected chi connectivity index (χ2v) is 7.46. The van der Waals surface area contributed by atoms with Gasteiger partial charge in [0.25, 0.3) is 0 Å². The fourth-order valence-electron chi connectivity index (χ4n) is 2.83. The van der Waals surface area contributed by atoms with Crippen LogP contribution in [-0.4, -0.2) is 15.0 Å². The first-order valence-electron chi connectivity index (χ1n) is 8.94. The van der Waals surface area contributed by atoms with Gasteiger partial charge in [0.1, 0.15) is 11.4 Å². The number of H-pyrrole nitrogens is 1. The standard InChI is InChI=1S/C22H22N4O/c1-22(2,3)15-11-12-17-19(14-15)26-21(24-17)25-18-10-7-13-23-20(18)27-16-8-5-4-6-9-16/h4-14H,1-3H3,(H2,24,25,26). The molecule has 5 heteroatoms. The van der Waals surface area contributed by atoms with Gasteiger partial charge in [-0.2, -0.15) is 0 Å². The number of hydrogen-bond acceptors (Lipinski definition) is 4. The highest BCUT2D eigenvalue weighted by Gasteiger charge is 2.15. The molecule has 0 aliphatic heterocycles. The molecule has 0 saturated heterocycles. The normalized spacial score (nSPS) is 11.5. The largest absolute Gasteiger partial charge is 0.437 e. The summed E-state index contributed by atoms with van der Waals surface area (Å²) in [6, 6.07) is 19.7. The lowest BCUT2D eigenvalue weighted by atomic mass is 9.87. The summed E-state index contributed by atoms with van der Waals surface area (Å²) in [5.41, 5.74) is 4.02. The third kappa shape index (κ3) is 3.77. The topological polar surface area (TPSA) is 62.8 Å². The predicted octanol–water partition coefficient (Wildman–Crippen LogP) is 5.79. The Hall–Kier alpha value is -3.34. The Kier molecular flexibility index (Phi) is 4.28. The number of ether oxygens (including phenoxy) is 1. The van der Waals surface area contributed by atoms with Gasteiger partial charge in [-0.1, -0.05) is 45.0 Å². The minimum absolute atomic E-state index is 0.0902. The van der Waals surface area contributed by atoms with Crippen molar-refractivity contribution in [3.63, 3.8) is 0 Å². The Morgan fingerprint density at radius 2 is 1.78 bits per heavy atom. The number of nitrogens with zero attached hydrogens (tertiary/aromatic N) is 2. The molecule has 27 heavy (non-hydrogen) atoms. The van der Waals surface area contributed by atoms with E-state index in [1.165, 1.54) is 5.56 Å². The lowest BCUT2D eigenvalue weighted by Crippen LogP contribution is -2.10. The molecule has 0 radical (unpaired) electrons. The van der Waals surface area contributed by atoms with Crippen LogP contribution in [0.15, 0.2) is 66.9 Å². The summed E-state index contributed by atoms with van der Waals surface area (Å²) in [6.45, 7) is 6.60. The van der Waals surface area contributed by atoms with Crippen LogP contribution in [0.3, 0.4) is 0 Å². The van der Waals surface area contributed by atoms with Gasteiger partial charge in [-0.05, 0) is 47.4 Å². The predicted molar refractivity (Wildman–Crippen MR) is 109 cm³/mol. The second kappa shape index (κ2) is 6.76. The minimum atomic E-state index is 0.0902. The summed E-state index contributed by atoms with van der Waals surface area (Å²) >= 11 is 0. The molecule has 2 N–H and O–H groups in total. The van der Waals surface area contributed by atoms with E-state index in [0.29, 0.717) is 11.8 Å². The van der Waals surface area contributed by atoms with Crippen LogP contribution in [0.1, 0.15) is 26.3 Å². The molecular weight excluding hydrogens is 336 g/mol. The molecule has 0 atom stereocenters. The van der Waals surface area contributed by atoms with Crippen LogP contribution in [0, 0.1) is 0 Å². The van der Waals surface area contributed by atoms with Crippen molar-refractivity contribution in [2.75, 3.05) is 5.32 Å². The molecule has 0 spiro atoms. The molecule has 5 nitrogen and oxygen atoms in total. The van der Waals surface area contributed by atoms with Gasteiger partial charge in [0.15, 0.2) is 0 Å². The van der Waals surface area contributed by atoms with Gasteiger partial charge in [-0.3, -0.25) is 0 Å². The summed E-state index contributed by atoms with van der Waals surface area (Å²) in [5.74, 6) is 1.89. The lowest BCUT2D eigenvalue weighted by molar-refractivity contribution is 0.465. The number of hydrogen-bond donors (Lipinski definition) is 2. The maximum Gasteiger partial charge on any atom is 0.243 e. The van der Waals surface area contributed by atoms with Crippen molar-refractivity contribution < 1.29 is 4.74 Å². The average Bonchev–Trinajstić information content (AvgIpc) is 3.05. The van der Waals surface area contributed by atoms with E-state index in [1.54, 1.807) is 6.20 Å². The molecule has 4 rings (SSSR count). The number of para-hydroxylation sites is 1. The molecule has 0 fully saturated rings. The van der Waals surface area contributed by atoms with Gasteiger partial charge >= 0.3 is 0 Å². The number of fused-ring (bicyclic) bond motifs is 1. The summed E-state index contributed by atoms with van der Waals surface area (Å²) in [4.78, 5) is 12.3. The summed E-state index contributed by atoms with van der Waals surface area (Å²) < 4.78 is 5.90. The second-order valence-electron chi connectivity index (χ2n) is 7.46. The van der Waals surface area contributed by atoms with Crippen molar-refractivity contribution in [1.82, 2.24) is 15.0 Å². The third-order valence-corrected chi connectivity index (χ3v) is 4.33. The molecule has 136 valence electrons. The molecule has 0 bridgehead atoms. The maximum absolute atomic E-state index is 5.90. The van der Waals surface area contributed by atoms with Crippen molar-refractivity contribution in [3.8, 4) is 11.6 Å². The molecule has 2 heterocycles. The zero-order chi connectivity index (χ0) is 18.9. The SMILES string of the molecule is CC(C)(C)c1ccc2nc(Nc3cccnc3Oc3ccccc3)[nH]c2c1. The van der Waals surface area contributed by atoms with Crippen molar-refractivity contribution >= 4 is 22.7 Å². The number of benzene rings is 2. The number of imidazole rings is 1. The van der Waals surface area contributed by atoms with Crippen LogP contribution in [0.5, 0.6) is 11.6 Å². The van der Waals surface area contributed by atoms with Gasteiger partial charge in [0.2, 0.25) is 11.8 Å². The van der Waals surface area contributed by atoms with Crippen molar-refractivity contribution in [1.29, 1.82) is 0 Å². The Morgan fingerprint density at radius 3 is 2.56 bits per heavy atom. The Bertz CT molecular complexity index is 1060. The highest BCUT2D eigenvalue weighted by Crippen LogP contribution is 2.30. The first-order chi connectivity index (χ1) is 13.0. The Labute approximate surface area is 158 Å². The van der Waals surface area contributed by atoms with Crippen molar-refractivity contribution in [2.45, 2.75) is 26.2 Å². The molecule has 2 aromatic carbocycles. The molecule has 0 saturated carbocycles. The van der Waals surface area contributed by atoms with E-state index in [0.717, 1.165) is 22.5 Å². The Morgan fingerprint density at radius 1 is 0.963 bits per heavy atom. The first kappa shape index (κ1) is 17.1. The number of aromatic nitrogens is 3. The van der Waals surface area contributed by atoms with E-state index in [9.17, 15) is 0 Å². The van der Waals surface area contributed by atoms with Crippen LogP contribution in [-0.2, 0) is 5.41 Å². The molecule has 2 aromatic heterocycles. The van der Waals surface area contributed by atoms with Crippen LogP contribution >= 0.6 is 0 Å². The number of rotatable bonds is 4. The number of nitrogens with one attached hydrogen (secondary N) is 2. The third-order valence-electron chi connectivity index (χ3n) is 4.33. The summed E-state index contributed by atoms with van der Waals surface area (Å²) in [7, 11) is 0. The molecule has 0 aliphatic rings. The summed E-state index contributed by atoms with van der Waals surface area (Å²) in [5, 5.41) is 3.29. The number of pyridine rings is 1. The number of aromatic amines is 1. The van der Waals surface area contributed by atoms with E-state index in [2.05, 4.69) is 53.2 Å². The van der Waals surface area contributed by atoms with E-state index in [4.69, 9.17) is 4.74 Å². The lowest BCUT2D eigenvalue weighted by Gasteiger charge is -2.18. The van der Waals surface area contributed by atoms with Gasteiger partial charge in [0, 0.05) is 6.20 Å². The fourth-order valence-corrected chi connectivity index (χ4v) is 2.83. The van der Waals surface area contributed by atoms with Crippen LogP contribution < -0.4 is 10.1 Å².